The predicted octanol–water partition coefficient (Wildman–Crippen LogP) is 1.64. The number of aliphatic carboxylic acids is 1. The number of furan rings is 1. The Morgan fingerprint density at radius 2 is 2.20 bits per heavy atom. The largest absolute Gasteiger partial charge is 0.481 e. The standard InChI is InChI=1S/C10H12O5/c1-3-6(9(11)12)7-4-5-8(15-7)10(13)14-2/h4-6H,3H2,1-2H3,(H,11,12). The third-order valence-electron chi connectivity index (χ3n) is 2.06. The van der Waals surface area contributed by atoms with Gasteiger partial charge in [0.15, 0.2) is 0 Å². The van der Waals surface area contributed by atoms with Crippen molar-refractivity contribution in [1.29, 1.82) is 0 Å². The molecule has 15 heavy (non-hydrogen) atoms. The molecule has 0 aliphatic carbocycles. The van der Waals surface area contributed by atoms with Gasteiger partial charge in [-0.05, 0) is 18.6 Å². The normalized spacial score (nSPS) is 12.1. The lowest BCUT2D eigenvalue weighted by Gasteiger charge is -2.04. The Kier molecular flexibility index (Phi) is 3.49. The molecule has 1 atom stereocenters. The Morgan fingerprint density at radius 3 is 2.67 bits per heavy atom. The molecule has 1 aromatic rings. The summed E-state index contributed by atoms with van der Waals surface area (Å²) < 4.78 is 9.54. The van der Waals surface area contributed by atoms with Crippen LogP contribution in [0.3, 0.4) is 0 Å². The number of esters is 1. The third-order valence-corrected chi connectivity index (χ3v) is 2.06. The Morgan fingerprint density at radius 1 is 1.53 bits per heavy atom. The van der Waals surface area contributed by atoms with Crippen LogP contribution in [0.1, 0.15) is 35.6 Å². The average molecular weight is 212 g/mol. The molecular weight excluding hydrogens is 200 g/mol. The van der Waals surface area contributed by atoms with E-state index in [9.17, 15) is 9.59 Å². The lowest BCUT2D eigenvalue weighted by molar-refractivity contribution is -0.139. The van der Waals surface area contributed by atoms with Gasteiger partial charge >= 0.3 is 11.9 Å². The molecule has 0 radical (unpaired) electrons. The molecule has 5 nitrogen and oxygen atoms in total. The Bertz CT molecular complexity index is 366. The Labute approximate surface area is 86.6 Å². The number of carbonyl (C=O) groups is 2. The lowest BCUT2D eigenvalue weighted by atomic mass is 10.0. The topological polar surface area (TPSA) is 76.7 Å². The van der Waals surface area contributed by atoms with Crippen LogP contribution in [0.25, 0.3) is 0 Å². The van der Waals surface area contributed by atoms with Crippen LogP contribution in [0.5, 0.6) is 0 Å². The van der Waals surface area contributed by atoms with Gasteiger partial charge in [-0.25, -0.2) is 4.79 Å². The minimum absolute atomic E-state index is 0.0206. The molecule has 0 aromatic carbocycles. The summed E-state index contributed by atoms with van der Waals surface area (Å²) in [5.41, 5.74) is 0. The second-order valence-corrected chi connectivity index (χ2v) is 2.99. The summed E-state index contributed by atoms with van der Waals surface area (Å²) in [5, 5.41) is 8.86. The van der Waals surface area contributed by atoms with Gasteiger partial charge in [-0.15, -0.1) is 0 Å². The first-order valence-electron chi connectivity index (χ1n) is 4.51. The zero-order valence-corrected chi connectivity index (χ0v) is 8.52. The maximum absolute atomic E-state index is 11.0. The van der Waals surface area contributed by atoms with Gasteiger partial charge in [-0.3, -0.25) is 4.79 Å². The fourth-order valence-electron chi connectivity index (χ4n) is 1.25. The summed E-state index contributed by atoms with van der Waals surface area (Å²) >= 11 is 0. The van der Waals surface area contributed by atoms with E-state index < -0.39 is 17.9 Å². The number of methoxy groups -OCH3 is 1. The number of carbonyl (C=O) groups excluding carboxylic acids is 1. The number of hydrogen-bond donors (Lipinski definition) is 1. The van der Waals surface area contributed by atoms with Crippen molar-refractivity contribution < 1.29 is 23.8 Å². The maximum atomic E-state index is 11.0. The molecule has 0 saturated heterocycles. The Balaban J connectivity index is 2.92. The molecule has 0 saturated carbocycles. The summed E-state index contributed by atoms with van der Waals surface area (Å²) in [6, 6.07) is 2.89. The van der Waals surface area contributed by atoms with Crippen LogP contribution < -0.4 is 0 Å². The number of hydrogen-bond acceptors (Lipinski definition) is 4. The van der Waals surface area contributed by atoms with Gasteiger partial charge in [-0.2, -0.15) is 0 Å². The molecular formula is C10H12O5. The highest BCUT2D eigenvalue weighted by molar-refractivity contribution is 5.86. The lowest BCUT2D eigenvalue weighted by Crippen LogP contribution is -2.09. The van der Waals surface area contributed by atoms with E-state index in [0.29, 0.717) is 6.42 Å². The van der Waals surface area contributed by atoms with Crippen LogP contribution >= 0.6 is 0 Å². The van der Waals surface area contributed by atoms with E-state index in [4.69, 9.17) is 9.52 Å². The van der Waals surface area contributed by atoms with Gasteiger partial charge in [0.2, 0.25) is 5.76 Å². The molecule has 0 aliphatic rings. The number of carboxylic acid groups (broad SMARTS) is 1. The average Bonchev–Trinajstić information content (AvgIpc) is 2.66. The summed E-state index contributed by atoms with van der Waals surface area (Å²) in [6.45, 7) is 1.74. The van der Waals surface area contributed by atoms with Crippen LogP contribution in [-0.2, 0) is 9.53 Å². The minimum atomic E-state index is -0.969. The zero-order chi connectivity index (χ0) is 11.4. The predicted molar refractivity (Wildman–Crippen MR) is 50.7 cm³/mol. The fourth-order valence-corrected chi connectivity index (χ4v) is 1.25. The van der Waals surface area contributed by atoms with Crippen LogP contribution in [0.15, 0.2) is 16.5 Å². The van der Waals surface area contributed by atoms with Gasteiger partial charge < -0.3 is 14.3 Å². The van der Waals surface area contributed by atoms with Gasteiger partial charge in [-0.1, -0.05) is 6.92 Å². The molecule has 0 spiro atoms. The summed E-state index contributed by atoms with van der Waals surface area (Å²) in [7, 11) is 1.24. The molecule has 0 bridgehead atoms. The number of ether oxygens (including phenoxy) is 1. The second kappa shape index (κ2) is 4.63. The first-order chi connectivity index (χ1) is 7.10. The zero-order valence-electron chi connectivity index (χ0n) is 8.52. The van der Waals surface area contributed by atoms with Crippen molar-refractivity contribution in [3.05, 3.63) is 23.7 Å². The molecule has 1 unspecified atom stereocenters. The van der Waals surface area contributed by atoms with Crippen LogP contribution in [0.2, 0.25) is 0 Å². The van der Waals surface area contributed by atoms with Crippen molar-refractivity contribution in [2.24, 2.45) is 0 Å². The highest BCUT2D eigenvalue weighted by atomic mass is 16.5. The van der Waals surface area contributed by atoms with Gasteiger partial charge in [0.05, 0.1) is 7.11 Å². The summed E-state index contributed by atoms with van der Waals surface area (Å²) in [5.74, 6) is -2.01. The monoisotopic (exact) mass is 212 g/mol. The van der Waals surface area contributed by atoms with Crippen LogP contribution in [0, 0.1) is 0 Å². The molecule has 0 amide bonds. The second-order valence-electron chi connectivity index (χ2n) is 2.99. The van der Waals surface area contributed by atoms with Crippen LogP contribution in [-0.4, -0.2) is 24.2 Å². The summed E-state index contributed by atoms with van der Waals surface area (Å²) in [6.07, 6.45) is 0.406. The SMILES string of the molecule is CCC(C(=O)O)c1ccc(C(=O)OC)o1. The maximum Gasteiger partial charge on any atom is 0.373 e. The van der Waals surface area contributed by atoms with Crippen molar-refractivity contribution in [2.45, 2.75) is 19.3 Å². The molecule has 0 fully saturated rings. The smallest absolute Gasteiger partial charge is 0.373 e. The fraction of sp³-hybridized carbons (Fsp3) is 0.400. The number of carboxylic acids is 1. The van der Waals surface area contributed by atoms with Gasteiger partial charge in [0.1, 0.15) is 11.7 Å². The van der Waals surface area contributed by atoms with E-state index in [-0.39, 0.29) is 11.5 Å². The van der Waals surface area contributed by atoms with Crippen molar-refractivity contribution in [3.63, 3.8) is 0 Å². The highest BCUT2D eigenvalue weighted by Crippen LogP contribution is 2.22. The van der Waals surface area contributed by atoms with E-state index in [2.05, 4.69) is 4.74 Å². The third kappa shape index (κ3) is 2.37. The molecule has 1 heterocycles. The van der Waals surface area contributed by atoms with Crippen molar-refractivity contribution in [3.8, 4) is 0 Å². The van der Waals surface area contributed by atoms with Crippen molar-refractivity contribution >= 4 is 11.9 Å². The number of rotatable bonds is 4. The van der Waals surface area contributed by atoms with E-state index in [1.54, 1.807) is 6.92 Å². The van der Waals surface area contributed by atoms with Gasteiger partial charge in [0.25, 0.3) is 0 Å². The molecule has 1 rings (SSSR count). The molecule has 1 N–H and O–H groups in total. The van der Waals surface area contributed by atoms with Crippen LogP contribution in [0.4, 0.5) is 0 Å². The van der Waals surface area contributed by atoms with E-state index >= 15 is 0 Å². The van der Waals surface area contributed by atoms with Crippen molar-refractivity contribution in [2.75, 3.05) is 7.11 Å². The molecule has 82 valence electrons. The van der Waals surface area contributed by atoms with Crippen molar-refractivity contribution in [1.82, 2.24) is 0 Å². The summed E-state index contributed by atoms with van der Waals surface area (Å²) in [4.78, 5) is 21.8. The van der Waals surface area contributed by atoms with E-state index in [1.807, 2.05) is 0 Å². The quantitative estimate of drug-likeness (QED) is 0.768. The van der Waals surface area contributed by atoms with Gasteiger partial charge in [0, 0.05) is 0 Å². The minimum Gasteiger partial charge on any atom is -0.481 e. The van der Waals surface area contributed by atoms with E-state index in [1.165, 1.54) is 19.2 Å². The first kappa shape index (κ1) is 11.3. The first-order valence-corrected chi connectivity index (χ1v) is 4.51. The molecule has 1 aromatic heterocycles. The Hall–Kier alpha value is -1.78. The highest BCUT2D eigenvalue weighted by Gasteiger charge is 2.22. The van der Waals surface area contributed by atoms with E-state index in [0.717, 1.165) is 0 Å². The molecule has 5 heteroatoms. The molecule has 0 aliphatic heterocycles.